The Labute approximate surface area is 252 Å². The molecule has 1 fully saturated rings. The van der Waals surface area contributed by atoms with Crippen LogP contribution in [0.1, 0.15) is 51.8 Å². The number of nitrogens with one attached hydrogen (secondary N) is 1. The van der Waals surface area contributed by atoms with Crippen LogP contribution >= 0.6 is 0 Å². The van der Waals surface area contributed by atoms with E-state index < -0.39 is 23.9 Å². The second-order valence-electron chi connectivity index (χ2n) is 10.9. The van der Waals surface area contributed by atoms with Crippen LogP contribution in [0.5, 0.6) is 5.75 Å². The number of aromatic nitrogens is 2. The van der Waals surface area contributed by atoms with Gasteiger partial charge in [-0.15, -0.1) is 0 Å². The first-order chi connectivity index (χ1) is 21.2. The van der Waals surface area contributed by atoms with Crippen LogP contribution in [0.2, 0.25) is 0 Å². The van der Waals surface area contributed by atoms with Gasteiger partial charge in [-0.3, -0.25) is 4.79 Å². The summed E-state index contributed by atoms with van der Waals surface area (Å²) in [4.78, 5) is 13.5. The van der Waals surface area contributed by atoms with Gasteiger partial charge in [0.15, 0.2) is 5.69 Å². The summed E-state index contributed by atoms with van der Waals surface area (Å²) in [5.74, 6) is 0.484. The Morgan fingerprint density at radius 2 is 1.82 bits per heavy atom. The van der Waals surface area contributed by atoms with E-state index in [9.17, 15) is 18.0 Å². The van der Waals surface area contributed by atoms with E-state index in [1.807, 2.05) is 42.5 Å². The number of methoxy groups -OCH3 is 1. The zero-order chi connectivity index (χ0) is 30.8. The summed E-state index contributed by atoms with van der Waals surface area (Å²) in [7, 11) is 1.62. The molecule has 1 saturated carbocycles. The first-order valence-corrected chi connectivity index (χ1v) is 14.3. The first-order valence-electron chi connectivity index (χ1n) is 14.3. The van der Waals surface area contributed by atoms with E-state index in [4.69, 9.17) is 15.2 Å². The molecule has 7 nitrogen and oxygen atoms in total. The van der Waals surface area contributed by atoms with E-state index in [1.165, 1.54) is 0 Å². The Balaban J connectivity index is 1.35. The van der Waals surface area contributed by atoms with E-state index in [2.05, 4.69) is 10.4 Å². The second-order valence-corrected chi connectivity index (χ2v) is 10.9. The number of nitrogens with zero attached hydrogens (tertiary/aromatic N) is 2. The number of amides is 1. The summed E-state index contributed by atoms with van der Waals surface area (Å²) in [6, 6.07) is 26.4. The zero-order valence-corrected chi connectivity index (χ0v) is 24.0. The Hall–Kier alpha value is -4.67. The summed E-state index contributed by atoms with van der Waals surface area (Å²) >= 11 is 0. The number of hydrogen-bond acceptors (Lipinski definition) is 5. The molecule has 4 aromatic carbocycles. The predicted octanol–water partition coefficient (Wildman–Crippen LogP) is 7.28. The van der Waals surface area contributed by atoms with Crippen molar-refractivity contribution in [3.63, 3.8) is 0 Å². The van der Waals surface area contributed by atoms with Crippen LogP contribution in [0.25, 0.3) is 16.5 Å². The minimum Gasteiger partial charge on any atom is -0.497 e. The average Bonchev–Trinajstić information content (AvgIpc) is 3.74. The third-order valence-corrected chi connectivity index (χ3v) is 7.67. The van der Waals surface area contributed by atoms with E-state index in [0.29, 0.717) is 29.5 Å². The summed E-state index contributed by atoms with van der Waals surface area (Å²) in [6.07, 6.45) is -2.95. The van der Waals surface area contributed by atoms with Gasteiger partial charge in [0.2, 0.25) is 0 Å². The van der Waals surface area contributed by atoms with E-state index >= 15 is 0 Å². The average molecular weight is 601 g/mol. The molecule has 0 saturated heterocycles. The lowest BCUT2D eigenvalue weighted by molar-refractivity contribution is -0.141. The quantitative estimate of drug-likeness (QED) is 0.176. The number of ether oxygens (including phenoxy) is 2. The summed E-state index contributed by atoms with van der Waals surface area (Å²) in [5.41, 5.74) is 7.42. The van der Waals surface area contributed by atoms with Crippen molar-refractivity contribution in [3.05, 3.63) is 119 Å². The lowest BCUT2D eigenvalue weighted by Gasteiger charge is -2.22. The van der Waals surface area contributed by atoms with Crippen molar-refractivity contribution in [3.8, 4) is 11.4 Å². The molecule has 5 aromatic rings. The van der Waals surface area contributed by atoms with Gasteiger partial charge in [0, 0.05) is 18.3 Å². The number of carbonyl (C=O) groups is 1. The molecule has 10 heteroatoms. The maximum absolute atomic E-state index is 13.7. The number of fused-ring (bicyclic) bond motifs is 1. The van der Waals surface area contributed by atoms with Gasteiger partial charge in [0.25, 0.3) is 5.91 Å². The maximum Gasteiger partial charge on any atom is 0.435 e. The molecule has 0 bridgehead atoms. The topological polar surface area (TPSA) is 91.4 Å². The van der Waals surface area contributed by atoms with Crippen LogP contribution in [0.4, 0.5) is 18.9 Å². The highest BCUT2D eigenvalue weighted by atomic mass is 19.4. The van der Waals surface area contributed by atoms with Crippen molar-refractivity contribution >= 4 is 22.4 Å². The number of hydrogen-bond donors (Lipinski definition) is 2. The van der Waals surface area contributed by atoms with Crippen LogP contribution < -0.4 is 15.8 Å². The van der Waals surface area contributed by atoms with Crippen molar-refractivity contribution in [1.82, 2.24) is 9.78 Å². The van der Waals surface area contributed by atoms with Gasteiger partial charge in [0.1, 0.15) is 17.5 Å². The monoisotopic (exact) mass is 600 g/mol. The standard InChI is InChI=1S/C34H31F3N4O3/c1-43-27-14-13-23-6-4-10-28(29(23)17-27)32(44-20-21-11-12-21)24-7-3-8-25(16-24)39-33(42)30-18-31(34(35,36)37)40-41(30)26-9-2-5-22(15-26)19-38/h2-10,13-18,21,32H,11-12,19-20,38H2,1H3,(H,39,42). The molecule has 0 spiro atoms. The molecule has 1 heterocycles. The van der Waals surface area contributed by atoms with E-state index in [-0.39, 0.29) is 12.2 Å². The number of rotatable bonds is 10. The largest absolute Gasteiger partial charge is 0.497 e. The van der Waals surface area contributed by atoms with Gasteiger partial charge in [-0.05, 0) is 82.6 Å². The molecule has 1 unspecified atom stereocenters. The first kappa shape index (κ1) is 29.4. The Morgan fingerprint density at radius 3 is 2.57 bits per heavy atom. The lowest BCUT2D eigenvalue weighted by Crippen LogP contribution is -2.17. The van der Waals surface area contributed by atoms with Crippen LogP contribution in [0, 0.1) is 5.92 Å². The Bertz CT molecular complexity index is 1810. The Kier molecular flexibility index (Phi) is 8.11. The smallest absolute Gasteiger partial charge is 0.435 e. The van der Waals surface area contributed by atoms with Crippen molar-refractivity contribution < 1.29 is 27.4 Å². The Morgan fingerprint density at radius 1 is 1.02 bits per heavy atom. The summed E-state index contributed by atoms with van der Waals surface area (Å²) < 4.78 is 54.0. The van der Waals surface area contributed by atoms with Crippen molar-refractivity contribution in [2.75, 3.05) is 19.0 Å². The van der Waals surface area contributed by atoms with Crippen molar-refractivity contribution in [2.24, 2.45) is 11.7 Å². The van der Waals surface area contributed by atoms with Crippen LogP contribution in [0.3, 0.4) is 0 Å². The fraction of sp³-hybridized carbons (Fsp3) is 0.235. The normalized spacial score (nSPS) is 14.0. The number of benzene rings is 4. The van der Waals surface area contributed by atoms with Crippen LogP contribution in [0.15, 0.2) is 91.0 Å². The predicted molar refractivity (Wildman–Crippen MR) is 162 cm³/mol. The second kappa shape index (κ2) is 12.1. The number of nitrogens with two attached hydrogens (primary N) is 1. The SMILES string of the molecule is COc1ccc2cccc(C(OCC3CC3)c3cccc(NC(=O)c4cc(C(F)(F)F)nn4-c4cccc(CN)c4)c3)c2c1. The van der Waals surface area contributed by atoms with Crippen molar-refractivity contribution in [2.45, 2.75) is 31.7 Å². The third-order valence-electron chi connectivity index (χ3n) is 7.67. The molecule has 1 aliphatic carbocycles. The van der Waals surface area contributed by atoms with Gasteiger partial charge in [-0.25, -0.2) is 4.68 Å². The molecule has 1 aliphatic rings. The summed E-state index contributed by atoms with van der Waals surface area (Å²) in [5, 5.41) is 8.50. The number of anilines is 1. The van der Waals surface area contributed by atoms with Gasteiger partial charge in [0.05, 0.1) is 19.4 Å². The molecular formula is C34H31F3N4O3. The van der Waals surface area contributed by atoms with Gasteiger partial charge >= 0.3 is 6.18 Å². The summed E-state index contributed by atoms with van der Waals surface area (Å²) in [6.45, 7) is 0.770. The molecule has 1 aromatic heterocycles. The van der Waals surface area contributed by atoms with Crippen molar-refractivity contribution in [1.29, 1.82) is 0 Å². The maximum atomic E-state index is 13.7. The third kappa shape index (κ3) is 6.31. The molecular weight excluding hydrogens is 569 g/mol. The minimum absolute atomic E-state index is 0.184. The number of alkyl halides is 3. The highest BCUT2D eigenvalue weighted by Gasteiger charge is 2.36. The molecule has 3 N–H and O–H groups in total. The van der Waals surface area contributed by atoms with Gasteiger partial charge < -0.3 is 20.5 Å². The number of carbonyl (C=O) groups excluding carboxylic acids is 1. The molecule has 1 amide bonds. The zero-order valence-electron chi connectivity index (χ0n) is 24.0. The number of halogens is 3. The highest BCUT2D eigenvalue weighted by molar-refractivity contribution is 6.03. The van der Waals surface area contributed by atoms with Gasteiger partial charge in [-0.2, -0.15) is 18.3 Å². The van der Waals surface area contributed by atoms with E-state index in [0.717, 1.165) is 51.2 Å². The van der Waals surface area contributed by atoms with Gasteiger partial charge in [-0.1, -0.05) is 48.5 Å². The molecule has 1 atom stereocenters. The fourth-order valence-electron chi connectivity index (χ4n) is 5.18. The molecule has 0 aliphatic heterocycles. The molecule has 6 rings (SSSR count). The highest BCUT2D eigenvalue weighted by Crippen LogP contribution is 2.38. The molecule has 0 radical (unpaired) electrons. The lowest BCUT2D eigenvalue weighted by atomic mass is 9.95. The molecule has 226 valence electrons. The van der Waals surface area contributed by atoms with Crippen LogP contribution in [-0.4, -0.2) is 29.4 Å². The van der Waals surface area contributed by atoms with E-state index in [1.54, 1.807) is 49.6 Å². The minimum atomic E-state index is -4.74. The van der Waals surface area contributed by atoms with Crippen LogP contribution in [-0.2, 0) is 17.5 Å². The molecule has 44 heavy (non-hydrogen) atoms. The fourth-order valence-corrected chi connectivity index (χ4v) is 5.18.